The second-order valence-corrected chi connectivity index (χ2v) is 10.3. The first-order valence-electron chi connectivity index (χ1n) is 10.8. The van der Waals surface area contributed by atoms with E-state index in [1.165, 1.54) is 55.3 Å². The average molecular weight is 535 g/mol. The zero-order chi connectivity index (χ0) is 27.0. The second-order valence-electron chi connectivity index (χ2n) is 8.58. The van der Waals surface area contributed by atoms with Crippen LogP contribution < -0.4 is 14.4 Å². The van der Waals surface area contributed by atoms with E-state index in [0.717, 1.165) is 17.0 Å². The van der Waals surface area contributed by atoms with Crippen molar-refractivity contribution in [2.45, 2.75) is 37.2 Å². The Labute approximate surface area is 210 Å². The van der Waals surface area contributed by atoms with E-state index in [9.17, 15) is 31.2 Å². The number of ether oxygens (including phenoxy) is 1. The minimum absolute atomic E-state index is 0.0224. The maximum Gasteiger partial charge on any atom is 0.573 e. The topological polar surface area (TPSA) is 109 Å². The molecule has 1 fully saturated rings. The molecule has 3 aromatic rings. The number of urea groups is 1. The number of halogens is 3. The summed E-state index contributed by atoms with van der Waals surface area (Å²) < 4.78 is 68.8. The molecule has 0 unspecified atom stereocenters. The number of alkyl halides is 3. The number of benzene rings is 2. The number of hydrogen-bond acceptors (Lipinski definition) is 6. The Hall–Kier alpha value is -4.13. The molecule has 13 heteroatoms. The number of rotatable bonds is 7. The second kappa shape index (κ2) is 9.39. The van der Waals surface area contributed by atoms with E-state index in [0.29, 0.717) is 5.56 Å². The van der Waals surface area contributed by atoms with E-state index < -0.39 is 39.6 Å². The number of imide groups is 1. The Morgan fingerprint density at radius 1 is 1.00 bits per heavy atom. The Morgan fingerprint density at radius 3 is 2.27 bits per heavy atom. The largest absolute Gasteiger partial charge is 0.573 e. The lowest BCUT2D eigenvalue weighted by Crippen LogP contribution is -2.43. The number of anilines is 2. The van der Waals surface area contributed by atoms with Crippen molar-refractivity contribution in [2.24, 2.45) is 0 Å². The fourth-order valence-corrected chi connectivity index (χ4v) is 4.75. The summed E-state index contributed by atoms with van der Waals surface area (Å²) in [6, 6.07) is 14.4. The zero-order valence-corrected chi connectivity index (χ0v) is 20.4. The molecule has 1 aromatic heterocycles. The highest BCUT2D eigenvalue weighted by Gasteiger charge is 2.51. The molecule has 0 bridgehead atoms. The van der Waals surface area contributed by atoms with Crippen LogP contribution in [0.5, 0.6) is 5.75 Å². The molecule has 1 saturated heterocycles. The van der Waals surface area contributed by atoms with Gasteiger partial charge in [-0.05, 0) is 67.9 Å². The van der Waals surface area contributed by atoms with Crippen LogP contribution in [-0.2, 0) is 21.4 Å². The van der Waals surface area contributed by atoms with Gasteiger partial charge in [-0.3, -0.25) is 9.52 Å². The molecule has 3 amide bonds. The van der Waals surface area contributed by atoms with Crippen LogP contribution in [0.1, 0.15) is 19.4 Å². The molecule has 0 radical (unpaired) electrons. The first kappa shape index (κ1) is 25.9. The Kier molecular flexibility index (Phi) is 6.59. The van der Waals surface area contributed by atoms with E-state index in [-0.39, 0.29) is 22.9 Å². The number of aromatic nitrogens is 1. The van der Waals surface area contributed by atoms with Gasteiger partial charge in [-0.2, -0.15) is 0 Å². The van der Waals surface area contributed by atoms with Crippen LogP contribution in [0, 0.1) is 0 Å². The number of carbonyl (C=O) groups is 2. The van der Waals surface area contributed by atoms with Crippen molar-refractivity contribution in [3.63, 3.8) is 0 Å². The molecule has 9 nitrogen and oxygen atoms in total. The van der Waals surface area contributed by atoms with Gasteiger partial charge in [0.2, 0.25) is 0 Å². The number of carbonyl (C=O) groups excluding carboxylic acids is 2. The van der Waals surface area contributed by atoms with Crippen LogP contribution >= 0.6 is 0 Å². The van der Waals surface area contributed by atoms with Gasteiger partial charge in [-0.1, -0.05) is 18.2 Å². The fraction of sp³-hybridized carbons (Fsp3) is 0.208. The third-order valence-corrected chi connectivity index (χ3v) is 6.98. The van der Waals surface area contributed by atoms with Crippen LogP contribution in [-0.4, -0.2) is 42.1 Å². The van der Waals surface area contributed by atoms with Gasteiger partial charge in [0.1, 0.15) is 17.1 Å². The van der Waals surface area contributed by atoms with E-state index in [4.69, 9.17) is 0 Å². The van der Waals surface area contributed by atoms with Crippen LogP contribution in [0.15, 0.2) is 77.8 Å². The van der Waals surface area contributed by atoms with Crippen molar-refractivity contribution < 1.29 is 35.9 Å². The smallest absolute Gasteiger partial charge is 0.406 e. The van der Waals surface area contributed by atoms with Crippen LogP contribution in [0.4, 0.5) is 29.5 Å². The van der Waals surface area contributed by atoms with Crippen molar-refractivity contribution in [3.8, 4) is 5.75 Å². The summed E-state index contributed by atoms with van der Waals surface area (Å²) in [5.41, 5.74) is -0.734. The minimum Gasteiger partial charge on any atom is -0.406 e. The van der Waals surface area contributed by atoms with Gasteiger partial charge in [0.05, 0.1) is 10.6 Å². The van der Waals surface area contributed by atoms with Gasteiger partial charge in [0, 0.05) is 12.7 Å². The summed E-state index contributed by atoms with van der Waals surface area (Å²) in [5, 5.41) is 0. The van der Waals surface area contributed by atoms with Gasteiger partial charge in [0.25, 0.3) is 15.9 Å². The molecular weight excluding hydrogens is 513 g/mol. The number of nitrogens with zero attached hydrogens (tertiary/aromatic N) is 3. The van der Waals surface area contributed by atoms with E-state index >= 15 is 0 Å². The van der Waals surface area contributed by atoms with Gasteiger partial charge in [-0.25, -0.2) is 23.1 Å². The van der Waals surface area contributed by atoms with Gasteiger partial charge in [-0.15, -0.1) is 13.2 Å². The van der Waals surface area contributed by atoms with Crippen LogP contribution in [0.2, 0.25) is 0 Å². The first-order chi connectivity index (χ1) is 17.3. The highest BCUT2D eigenvalue weighted by atomic mass is 32.2. The van der Waals surface area contributed by atoms with E-state index in [2.05, 4.69) is 14.4 Å². The van der Waals surface area contributed by atoms with Crippen molar-refractivity contribution >= 4 is 33.5 Å². The summed E-state index contributed by atoms with van der Waals surface area (Å²) in [5.74, 6) is -1.05. The number of nitrogens with one attached hydrogen (secondary N) is 1. The zero-order valence-electron chi connectivity index (χ0n) is 19.6. The molecule has 2 heterocycles. The van der Waals surface area contributed by atoms with Crippen LogP contribution in [0.3, 0.4) is 0 Å². The summed E-state index contributed by atoms with van der Waals surface area (Å²) >= 11 is 0. The van der Waals surface area contributed by atoms with Crippen molar-refractivity contribution in [3.05, 3.63) is 78.5 Å². The molecule has 1 aliphatic rings. The summed E-state index contributed by atoms with van der Waals surface area (Å²) in [6.45, 7) is 3.01. The molecule has 37 heavy (non-hydrogen) atoms. The molecule has 1 aliphatic heterocycles. The summed E-state index contributed by atoms with van der Waals surface area (Å²) in [7, 11) is -3.90. The average Bonchev–Trinajstić information content (AvgIpc) is 2.98. The molecule has 0 spiro atoms. The van der Waals surface area contributed by atoms with Crippen molar-refractivity contribution in [1.82, 2.24) is 9.88 Å². The third kappa shape index (κ3) is 5.50. The molecule has 1 N–H and O–H groups in total. The Bertz CT molecular complexity index is 1430. The van der Waals surface area contributed by atoms with Gasteiger partial charge < -0.3 is 9.64 Å². The van der Waals surface area contributed by atoms with Crippen molar-refractivity contribution in [2.75, 3.05) is 9.62 Å². The monoisotopic (exact) mass is 534 g/mol. The highest BCUT2D eigenvalue weighted by molar-refractivity contribution is 7.92. The number of amides is 3. The lowest BCUT2D eigenvalue weighted by Gasteiger charge is -2.27. The van der Waals surface area contributed by atoms with Crippen LogP contribution in [0.25, 0.3) is 0 Å². The highest BCUT2D eigenvalue weighted by Crippen LogP contribution is 2.34. The quantitative estimate of drug-likeness (QED) is 0.446. The Morgan fingerprint density at radius 2 is 1.65 bits per heavy atom. The standard InChI is InChI=1S/C24H21F3N4O5S/c1-23(2)21(32)31(17-8-10-18(11-9-17)36-24(25,26)27)22(33)30(23)15-16-12-13-28-20(14-16)29-37(34,35)19-6-4-3-5-7-19/h3-14H,15H2,1-2H3,(H,28,29). The molecule has 2 aromatic carbocycles. The van der Waals surface area contributed by atoms with Gasteiger partial charge >= 0.3 is 12.4 Å². The lowest BCUT2D eigenvalue weighted by molar-refractivity contribution is -0.274. The fourth-order valence-electron chi connectivity index (χ4n) is 3.73. The predicted molar refractivity (Wildman–Crippen MR) is 127 cm³/mol. The molecule has 0 saturated carbocycles. The number of sulfonamides is 1. The van der Waals surface area contributed by atoms with E-state index in [1.54, 1.807) is 24.3 Å². The maximum atomic E-state index is 13.2. The minimum atomic E-state index is -4.88. The molecule has 0 aliphatic carbocycles. The first-order valence-corrected chi connectivity index (χ1v) is 12.3. The lowest BCUT2D eigenvalue weighted by atomic mass is 10.0. The van der Waals surface area contributed by atoms with Crippen molar-refractivity contribution in [1.29, 1.82) is 0 Å². The molecule has 4 rings (SSSR count). The third-order valence-electron chi connectivity index (χ3n) is 5.61. The number of hydrogen-bond donors (Lipinski definition) is 1. The predicted octanol–water partition coefficient (Wildman–Crippen LogP) is 4.53. The molecule has 0 atom stereocenters. The Balaban J connectivity index is 1.54. The normalized spacial score (nSPS) is 15.7. The maximum absolute atomic E-state index is 13.2. The molecular formula is C24H21F3N4O5S. The SMILES string of the molecule is CC1(C)C(=O)N(c2ccc(OC(F)(F)F)cc2)C(=O)N1Cc1ccnc(NS(=O)(=O)c2ccccc2)c1. The van der Waals surface area contributed by atoms with Gasteiger partial charge in [0.15, 0.2) is 0 Å². The summed E-state index contributed by atoms with van der Waals surface area (Å²) in [4.78, 5) is 32.6. The number of pyridine rings is 1. The van der Waals surface area contributed by atoms with E-state index in [1.807, 2.05) is 0 Å². The molecule has 194 valence electrons. The summed E-state index contributed by atoms with van der Waals surface area (Å²) in [6.07, 6.45) is -3.51.